The second-order valence-corrected chi connectivity index (χ2v) is 5.34. The summed E-state index contributed by atoms with van der Waals surface area (Å²) in [5.74, 6) is 0.938. The molecule has 1 aliphatic rings. The molecule has 0 atom stereocenters. The van der Waals surface area contributed by atoms with Gasteiger partial charge in [-0.2, -0.15) is 5.10 Å². The average molecular weight is 250 g/mol. The zero-order valence-corrected chi connectivity index (χ0v) is 11.2. The number of nitrogens with zero attached hydrogens (tertiary/aromatic N) is 2. The summed E-state index contributed by atoms with van der Waals surface area (Å²) in [5, 5.41) is 9.96. The van der Waals surface area contributed by atoms with E-state index in [1.807, 2.05) is 20.2 Å². The molecule has 5 nitrogen and oxygen atoms in total. The predicted octanol–water partition coefficient (Wildman–Crippen LogP) is 1.99. The van der Waals surface area contributed by atoms with Crippen LogP contribution in [0.3, 0.4) is 0 Å². The highest BCUT2D eigenvalue weighted by Gasteiger charge is 2.21. The van der Waals surface area contributed by atoms with Crippen molar-refractivity contribution in [1.29, 1.82) is 0 Å². The van der Waals surface area contributed by atoms with Crippen molar-refractivity contribution in [3.05, 3.63) is 11.8 Å². The fourth-order valence-electron chi connectivity index (χ4n) is 2.44. The number of carbonyl (C=O) groups is 1. The fourth-order valence-corrected chi connectivity index (χ4v) is 2.44. The van der Waals surface area contributed by atoms with E-state index in [9.17, 15) is 4.79 Å². The van der Waals surface area contributed by atoms with Crippen molar-refractivity contribution in [2.45, 2.75) is 38.6 Å². The van der Waals surface area contributed by atoms with Crippen molar-refractivity contribution >= 4 is 11.7 Å². The molecular formula is C13H22N4O. The van der Waals surface area contributed by atoms with Crippen LogP contribution in [0.4, 0.5) is 5.82 Å². The highest BCUT2D eigenvalue weighted by Crippen LogP contribution is 2.24. The summed E-state index contributed by atoms with van der Waals surface area (Å²) in [5.41, 5.74) is 1.01. The first-order valence-electron chi connectivity index (χ1n) is 6.65. The van der Waals surface area contributed by atoms with Gasteiger partial charge >= 0.3 is 0 Å². The molecule has 1 aliphatic carbocycles. The number of aromatic amines is 1. The van der Waals surface area contributed by atoms with E-state index >= 15 is 0 Å². The summed E-state index contributed by atoms with van der Waals surface area (Å²) in [6, 6.07) is 1.90. The third-order valence-corrected chi connectivity index (χ3v) is 3.34. The van der Waals surface area contributed by atoms with E-state index in [0.717, 1.165) is 25.1 Å². The number of H-pyrrole nitrogens is 1. The minimum atomic E-state index is 0.123. The van der Waals surface area contributed by atoms with Crippen LogP contribution in [0.5, 0.6) is 0 Å². The Balaban J connectivity index is 1.88. The quantitative estimate of drug-likeness (QED) is 0.859. The first-order chi connectivity index (χ1) is 8.65. The molecule has 1 heterocycles. The van der Waals surface area contributed by atoms with Crippen LogP contribution in [-0.4, -0.2) is 35.1 Å². The van der Waals surface area contributed by atoms with E-state index in [4.69, 9.17) is 0 Å². The van der Waals surface area contributed by atoms with Crippen LogP contribution >= 0.6 is 0 Å². The van der Waals surface area contributed by atoms with E-state index in [-0.39, 0.29) is 11.8 Å². The molecule has 1 fully saturated rings. The third kappa shape index (κ3) is 3.57. The number of rotatable bonds is 4. The van der Waals surface area contributed by atoms with Gasteiger partial charge in [-0.25, -0.2) is 0 Å². The van der Waals surface area contributed by atoms with Gasteiger partial charge in [0.05, 0.1) is 5.69 Å². The zero-order chi connectivity index (χ0) is 13.0. The number of anilines is 1. The van der Waals surface area contributed by atoms with Gasteiger partial charge in [-0.3, -0.25) is 9.89 Å². The molecule has 1 aromatic rings. The highest BCUT2D eigenvalue weighted by molar-refractivity contribution is 5.91. The monoisotopic (exact) mass is 250 g/mol. The van der Waals surface area contributed by atoms with Crippen molar-refractivity contribution in [2.75, 3.05) is 19.4 Å². The fraction of sp³-hybridized carbons (Fsp3) is 0.692. The van der Waals surface area contributed by atoms with Crippen LogP contribution in [0.2, 0.25) is 0 Å². The van der Waals surface area contributed by atoms with Crippen LogP contribution in [0.15, 0.2) is 6.07 Å². The summed E-state index contributed by atoms with van der Waals surface area (Å²) in [4.78, 5) is 14.1. The Labute approximate surface area is 108 Å². The lowest BCUT2D eigenvalue weighted by molar-refractivity contribution is -0.120. The Morgan fingerprint density at radius 3 is 2.83 bits per heavy atom. The molecule has 5 heteroatoms. The van der Waals surface area contributed by atoms with Crippen LogP contribution in [0.25, 0.3) is 0 Å². The Bertz CT molecular complexity index is 393. The maximum Gasteiger partial charge on any atom is 0.228 e. The molecule has 18 heavy (non-hydrogen) atoms. The maximum absolute atomic E-state index is 12.0. The summed E-state index contributed by atoms with van der Waals surface area (Å²) in [6.45, 7) is 0.798. The smallest absolute Gasteiger partial charge is 0.228 e. The van der Waals surface area contributed by atoms with Crippen LogP contribution in [0.1, 0.15) is 37.8 Å². The first kappa shape index (κ1) is 13.1. The molecule has 1 amide bonds. The van der Waals surface area contributed by atoms with Crippen molar-refractivity contribution in [2.24, 2.45) is 5.92 Å². The normalized spacial score (nSPS) is 17.1. The molecule has 2 N–H and O–H groups in total. The van der Waals surface area contributed by atoms with E-state index < -0.39 is 0 Å². The number of carbonyl (C=O) groups excluding carboxylic acids is 1. The van der Waals surface area contributed by atoms with Gasteiger partial charge in [0.1, 0.15) is 0 Å². The second kappa shape index (κ2) is 6.00. The molecule has 1 aromatic heterocycles. The van der Waals surface area contributed by atoms with Gasteiger partial charge in [0.15, 0.2) is 5.82 Å². The van der Waals surface area contributed by atoms with Gasteiger partial charge in [0.25, 0.3) is 0 Å². The molecule has 0 saturated heterocycles. The summed E-state index contributed by atoms with van der Waals surface area (Å²) < 4.78 is 0. The lowest BCUT2D eigenvalue weighted by Crippen LogP contribution is -2.24. The maximum atomic E-state index is 12.0. The Hall–Kier alpha value is -1.36. The van der Waals surface area contributed by atoms with Crippen LogP contribution < -0.4 is 5.32 Å². The standard InChI is InChI=1S/C13H22N4O/c1-17(2)9-11-8-12(16-15-11)14-13(18)10-6-4-3-5-7-10/h8,10H,3-7,9H2,1-2H3,(H2,14,15,16,18). The molecule has 0 aliphatic heterocycles. The molecule has 2 rings (SSSR count). The zero-order valence-electron chi connectivity index (χ0n) is 11.2. The highest BCUT2D eigenvalue weighted by atomic mass is 16.1. The Morgan fingerprint density at radius 2 is 2.17 bits per heavy atom. The topological polar surface area (TPSA) is 61.0 Å². The number of aromatic nitrogens is 2. The van der Waals surface area contributed by atoms with Crippen LogP contribution in [0, 0.1) is 5.92 Å². The predicted molar refractivity (Wildman–Crippen MR) is 71.2 cm³/mol. The van der Waals surface area contributed by atoms with Crippen molar-refractivity contribution in [1.82, 2.24) is 15.1 Å². The van der Waals surface area contributed by atoms with Crippen molar-refractivity contribution in [3.8, 4) is 0 Å². The van der Waals surface area contributed by atoms with Crippen molar-refractivity contribution in [3.63, 3.8) is 0 Å². The van der Waals surface area contributed by atoms with Crippen molar-refractivity contribution < 1.29 is 4.79 Å². The van der Waals surface area contributed by atoms with Gasteiger partial charge < -0.3 is 10.2 Å². The van der Waals surface area contributed by atoms with Gasteiger partial charge in [-0.1, -0.05) is 19.3 Å². The third-order valence-electron chi connectivity index (χ3n) is 3.34. The van der Waals surface area contributed by atoms with E-state index in [0.29, 0.717) is 5.82 Å². The molecule has 1 saturated carbocycles. The SMILES string of the molecule is CN(C)Cc1cc(NC(=O)C2CCCCC2)n[nH]1. The number of hydrogen-bond donors (Lipinski definition) is 2. The first-order valence-corrected chi connectivity index (χ1v) is 6.65. The molecule has 0 spiro atoms. The van der Waals surface area contributed by atoms with E-state index in [1.54, 1.807) is 0 Å². The van der Waals surface area contributed by atoms with Gasteiger partial charge in [0, 0.05) is 18.5 Å². The second-order valence-electron chi connectivity index (χ2n) is 5.34. The largest absolute Gasteiger partial charge is 0.309 e. The van der Waals surface area contributed by atoms with Crippen LogP contribution in [-0.2, 0) is 11.3 Å². The van der Waals surface area contributed by atoms with Gasteiger partial charge in [0.2, 0.25) is 5.91 Å². The van der Waals surface area contributed by atoms with Gasteiger partial charge in [-0.05, 0) is 26.9 Å². The Kier molecular flexibility index (Phi) is 4.36. The molecule has 0 bridgehead atoms. The minimum Gasteiger partial charge on any atom is -0.309 e. The van der Waals surface area contributed by atoms with E-state index in [2.05, 4.69) is 20.4 Å². The average Bonchev–Trinajstić information content (AvgIpc) is 2.76. The molecule has 100 valence electrons. The lowest BCUT2D eigenvalue weighted by Gasteiger charge is -2.19. The number of nitrogens with one attached hydrogen (secondary N) is 2. The Morgan fingerprint density at radius 1 is 1.44 bits per heavy atom. The molecule has 0 aromatic carbocycles. The molecular weight excluding hydrogens is 228 g/mol. The number of hydrogen-bond acceptors (Lipinski definition) is 3. The summed E-state index contributed by atoms with van der Waals surface area (Å²) in [6.07, 6.45) is 5.63. The molecule has 0 unspecified atom stereocenters. The number of amides is 1. The van der Waals surface area contributed by atoms with Gasteiger partial charge in [-0.15, -0.1) is 0 Å². The summed E-state index contributed by atoms with van der Waals surface area (Å²) >= 11 is 0. The van der Waals surface area contributed by atoms with E-state index in [1.165, 1.54) is 19.3 Å². The minimum absolute atomic E-state index is 0.123. The molecule has 0 radical (unpaired) electrons. The lowest BCUT2D eigenvalue weighted by atomic mass is 9.89. The summed E-state index contributed by atoms with van der Waals surface area (Å²) in [7, 11) is 4.00.